The highest BCUT2D eigenvalue weighted by Gasteiger charge is 2.17. The summed E-state index contributed by atoms with van der Waals surface area (Å²) in [6.07, 6.45) is 0.597. The Bertz CT molecular complexity index is 598. The number of hydrogen-bond acceptors (Lipinski definition) is 2. The van der Waals surface area contributed by atoms with Crippen LogP contribution >= 0.6 is 0 Å². The van der Waals surface area contributed by atoms with Crippen molar-refractivity contribution in [3.8, 4) is 5.75 Å². The van der Waals surface area contributed by atoms with Crippen LogP contribution in [0.5, 0.6) is 5.75 Å². The molecule has 21 heavy (non-hydrogen) atoms. The van der Waals surface area contributed by atoms with Gasteiger partial charge in [-0.05, 0) is 43.1 Å². The monoisotopic (exact) mass is 287 g/mol. The molecule has 0 aliphatic carbocycles. The maximum absolute atomic E-state index is 13.9. The minimum absolute atomic E-state index is 0.0300. The van der Waals surface area contributed by atoms with Gasteiger partial charge in [-0.15, -0.1) is 0 Å². The second-order valence-corrected chi connectivity index (χ2v) is 5.15. The summed E-state index contributed by atoms with van der Waals surface area (Å²) in [5.74, 6) is 0.684. The van der Waals surface area contributed by atoms with Gasteiger partial charge < -0.3 is 10.1 Å². The van der Waals surface area contributed by atoms with E-state index in [0.29, 0.717) is 12.0 Å². The summed E-state index contributed by atoms with van der Waals surface area (Å²) in [6.45, 7) is 4.90. The number of hydrogen-bond donors (Lipinski definition) is 1. The van der Waals surface area contributed by atoms with Gasteiger partial charge in [0.05, 0.1) is 7.11 Å². The molecular formula is C18H22FNO. The number of ether oxygens (including phenoxy) is 1. The van der Waals surface area contributed by atoms with Crippen LogP contribution in [0.2, 0.25) is 0 Å². The second-order valence-electron chi connectivity index (χ2n) is 5.15. The lowest BCUT2D eigenvalue weighted by atomic mass is 9.96. The van der Waals surface area contributed by atoms with Crippen LogP contribution in [0.25, 0.3) is 0 Å². The third kappa shape index (κ3) is 3.82. The molecule has 1 N–H and O–H groups in total. The average molecular weight is 287 g/mol. The first kappa shape index (κ1) is 15.5. The van der Waals surface area contributed by atoms with E-state index >= 15 is 0 Å². The molecule has 112 valence electrons. The third-order valence-corrected chi connectivity index (χ3v) is 3.60. The van der Waals surface area contributed by atoms with Crippen LogP contribution < -0.4 is 10.1 Å². The van der Waals surface area contributed by atoms with Gasteiger partial charge in [0, 0.05) is 11.6 Å². The van der Waals surface area contributed by atoms with Crippen LogP contribution in [0, 0.1) is 12.7 Å². The lowest BCUT2D eigenvalue weighted by Gasteiger charge is -2.21. The van der Waals surface area contributed by atoms with Crippen molar-refractivity contribution in [2.75, 3.05) is 13.7 Å². The van der Waals surface area contributed by atoms with Gasteiger partial charge in [0.1, 0.15) is 11.6 Å². The molecule has 0 heterocycles. The zero-order chi connectivity index (χ0) is 15.2. The van der Waals surface area contributed by atoms with Crippen molar-refractivity contribution in [3.05, 3.63) is 65.0 Å². The smallest absolute Gasteiger partial charge is 0.126 e. The summed E-state index contributed by atoms with van der Waals surface area (Å²) in [7, 11) is 1.67. The number of aryl methyl sites for hydroxylation is 1. The Hall–Kier alpha value is -1.87. The standard InChI is InChI=1S/C18H22FNO/c1-4-20-17(12-14-7-5-6-8-16(14)19)15-10-9-13(2)11-18(15)21-3/h5-11,17,20H,4,12H2,1-3H3. The SMILES string of the molecule is CCNC(Cc1ccccc1F)c1ccc(C)cc1OC. The molecule has 0 amide bonds. The number of nitrogens with one attached hydrogen (secondary N) is 1. The van der Waals surface area contributed by atoms with Crippen molar-refractivity contribution in [2.45, 2.75) is 26.3 Å². The highest BCUT2D eigenvalue weighted by Crippen LogP contribution is 2.29. The van der Waals surface area contributed by atoms with E-state index in [0.717, 1.165) is 23.4 Å². The van der Waals surface area contributed by atoms with Crippen LogP contribution in [0.3, 0.4) is 0 Å². The van der Waals surface area contributed by atoms with Crippen LogP contribution in [-0.2, 0) is 6.42 Å². The molecule has 1 unspecified atom stereocenters. The first-order chi connectivity index (χ1) is 10.2. The molecular weight excluding hydrogens is 265 g/mol. The largest absolute Gasteiger partial charge is 0.496 e. The minimum Gasteiger partial charge on any atom is -0.496 e. The highest BCUT2D eigenvalue weighted by molar-refractivity contribution is 5.40. The summed E-state index contributed by atoms with van der Waals surface area (Å²) in [5.41, 5.74) is 2.93. The minimum atomic E-state index is -0.161. The van der Waals surface area contributed by atoms with Gasteiger partial charge in [-0.25, -0.2) is 4.39 Å². The highest BCUT2D eigenvalue weighted by atomic mass is 19.1. The Balaban J connectivity index is 2.33. The van der Waals surface area contributed by atoms with Gasteiger partial charge in [0.2, 0.25) is 0 Å². The van der Waals surface area contributed by atoms with Crippen molar-refractivity contribution >= 4 is 0 Å². The summed E-state index contributed by atoms with van der Waals surface area (Å²) >= 11 is 0. The maximum Gasteiger partial charge on any atom is 0.126 e. The predicted octanol–water partition coefficient (Wildman–Crippen LogP) is 4.04. The van der Waals surface area contributed by atoms with Gasteiger partial charge >= 0.3 is 0 Å². The first-order valence-electron chi connectivity index (χ1n) is 7.27. The van der Waals surface area contributed by atoms with E-state index in [2.05, 4.69) is 24.4 Å². The van der Waals surface area contributed by atoms with Crippen molar-refractivity contribution in [2.24, 2.45) is 0 Å². The maximum atomic E-state index is 13.9. The number of likely N-dealkylation sites (N-methyl/N-ethyl adjacent to an activating group) is 1. The summed E-state index contributed by atoms with van der Waals surface area (Å²) in [6, 6.07) is 13.1. The average Bonchev–Trinajstić information content (AvgIpc) is 2.49. The molecule has 0 aliphatic heterocycles. The molecule has 0 saturated carbocycles. The molecule has 0 saturated heterocycles. The molecule has 1 atom stereocenters. The van der Waals surface area contributed by atoms with Gasteiger partial charge in [-0.2, -0.15) is 0 Å². The van der Waals surface area contributed by atoms with E-state index in [9.17, 15) is 4.39 Å². The number of benzene rings is 2. The zero-order valence-corrected chi connectivity index (χ0v) is 12.8. The van der Waals surface area contributed by atoms with Crippen molar-refractivity contribution < 1.29 is 9.13 Å². The van der Waals surface area contributed by atoms with E-state index < -0.39 is 0 Å². The molecule has 3 heteroatoms. The summed E-state index contributed by atoms with van der Waals surface area (Å²) in [4.78, 5) is 0. The van der Waals surface area contributed by atoms with Crippen LogP contribution in [0.15, 0.2) is 42.5 Å². The molecule has 2 rings (SSSR count). The number of halogens is 1. The van der Waals surface area contributed by atoms with Gasteiger partial charge in [-0.1, -0.05) is 37.3 Å². The number of methoxy groups -OCH3 is 1. The number of rotatable bonds is 6. The molecule has 0 bridgehead atoms. The van der Waals surface area contributed by atoms with E-state index in [1.54, 1.807) is 13.2 Å². The van der Waals surface area contributed by atoms with Crippen LogP contribution in [-0.4, -0.2) is 13.7 Å². The molecule has 0 aliphatic rings. The molecule has 2 aromatic carbocycles. The third-order valence-electron chi connectivity index (χ3n) is 3.60. The lowest BCUT2D eigenvalue weighted by Crippen LogP contribution is -2.24. The molecule has 0 spiro atoms. The molecule has 0 aromatic heterocycles. The van der Waals surface area contributed by atoms with E-state index in [1.165, 1.54) is 6.07 Å². The fourth-order valence-corrected chi connectivity index (χ4v) is 2.53. The van der Waals surface area contributed by atoms with Gasteiger partial charge in [0.25, 0.3) is 0 Å². The van der Waals surface area contributed by atoms with Gasteiger partial charge in [0.15, 0.2) is 0 Å². The predicted molar refractivity (Wildman–Crippen MR) is 84.3 cm³/mol. The molecule has 0 fully saturated rings. The van der Waals surface area contributed by atoms with E-state index in [4.69, 9.17) is 4.74 Å². The van der Waals surface area contributed by atoms with E-state index in [1.807, 2.05) is 25.1 Å². The van der Waals surface area contributed by atoms with Crippen LogP contribution in [0.1, 0.15) is 29.7 Å². The van der Waals surface area contributed by atoms with Crippen molar-refractivity contribution in [1.29, 1.82) is 0 Å². The van der Waals surface area contributed by atoms with Gasteiger partial charge in [-0.3, -0.25) is 0 Å². The normalized spacial score (nSPS) is 12.2. The topological polar surface area (TPSA) is 21.3 Å². The van der Waals surface area contributed by atoms with Crippen LogP contribution in [0.4, 0.5) is 4.39 Å². The fraction of sp³-hybridized carbons (Fsp3) is 0.333. The Morgan fingerprint density at radius 2 is 1.95 bits per heavy atom. The fourth-order valence-electron chi connectivity index (χ4n) is 2.53. The molecule has 2 nitrogen and oxygen atoms in total. The lowest BCUT2D eigenvalue weighted by molar-refractivity contribution is 0.398. The molecule has 0 radical (unpaired) electrons. The Morgan fingerprint density at radius 1 is 1.19 bits per heavy atom. The summed E-state index contributed by atoms with van der Waals surface area (Å²) in [5, 5.41) is 3.42. The quantitative estimate of drug-likeness (QED) is 0.866. The zero-order valence-electron chi connectivity index (χ0n) is 12.8. The Kier molecular flexibility index (Phi) is 5.34. The second kappa shape index (κ2) is 7.23. The Labute approximate surface area is 126 Å². The summed E-state index contributed by atoms with van der Waals surface area (Å²) < 4.78 is 19.4. The first-order valence-corrected chi connectivity index (χ1v) is 7.27. The van der Waals surface area contributed by atoms with Crippen molar-refractivity contribution in [1.82, 2.24) is 5.32 Å². The Morgan fingerprint density at radius 3 is 2.62 bits per heavy atom. The van der Waals surface area contributed by atoms with Crippen molar-refractivity contribution in [3.63, 3.8) is 0 Å². The van der Waals surface area contributed by atoms with E-state index in [-0.39, 0.29) is 11.9 Å². The molecule has 2 aromatic rings.